The minimum atomic E-state index is -0.144. The Hall–Kier alpha value is -3.99. The first-order valence-electron chi connectivity index (χ1n) is 9.75. The van der Waals surface area contributed by atoms with E-state index in [1.54, 1.807) is 51.7 Å². The average Bonchev–Trinajstić information content (AvgIpc) is 2.83. The molecule has 0 unspecified atom stereocenters. The monoisotopic (exact) mass is 414 g/mol. The highest BCUT2D eigenvalue weighted by atomic mass is 16.5. The van der Waals surface area contributed by atoms with Crippen LogP contribution in [-0.4, -0.2) is 27.1 Å². The smallest absolute Gasteiger partial charge is 0.196 e. The number of carbonyl (C=O) groups excluding carboxylic acids is 1. The summed E-state index contributed by atoms with van der Waals surface area (Å²) >= 11 is 0. The molecule has 156 valence electrons. The van der Waals surface area contributed by atoms with Gasteiger partial charge in [-0.15, -0.1) is 0 Å². The summed E-state index contributed by atoms with van der Waals surface area (Å²) in [6, 6.07) is 23.8. The summed E-state index contributed by atoms with van der Waals surface area (Å²) in [5, 5.41) is 1.77. The Labute approximate surface area is 180 Å². The molecule has 0 saturated heterocycles. The van der Waals surface area contributed by atoms with Gasteiger partial charge in [-0.1, -0.05) is 42.5 Å². The fourth-order valence-corrected chi connectivity index (χ4v) is 3.43. The molecule has 4 aromatic carbocycles. The molecule has 0 N–H and O–H groups in total. The predicted octanol–water partition coefficient (Wildman–Crippen LogP) is 5.89. The van der Waals surface area contributed by atoms with Gasteiger partial charge in [0.25, 0.3) is 0 Å². The molecule has 0 aromatic heterocycles. The fraction of sp³-hybridized carbons (Fsp3) is 0.115. The third kappa shape index (κ3) is 4.03. The molecule has 0 aliphatic heterocycles. The van der Waals surface area contributed by atoms with E-state index in [9.17, 15) is 4.79 Å². The zero-order valence-corrected chi connectivity index (χ0v) is 17.5. The molecule has 0 aliphatic carbocycles. The second-order valence-electron chi connectivity index (χ2n) is 6.84. The molecule has 0 fully saturated rings. The molecular weight excluding hydrogens is 392 g/mol. The van der Waals surface area contributed by atoms with Crippen LogP contribution in [0.1, 0.15) is 15.9 Å². The molecule has 5 nitrogen and oxygen atoms in total. The summed E-state index contributed by atoms with van der Waals surface area (Å²) < 4.78 is 22.5. The third-order valence-electron chi connectivity index (χ3n) is 5.03. The molecule has 4 aromatic rings. The van der Waals surface area contributed by atoms with E-state index in [4.69, 9.17) is 18.9 Å². The first-order valence-corrected chi connectivity index (χ1v) is 9.75. The van der Waals surface area contributed by atoms with Gasteiger partial charge in [0.05, 0.1) is 26.9 Å². The molecule has 0 amide bonds. The Bertz CT molecular complexity index is 1230. The second kappa shape index (κ2) is 8.79. The molecule has 4 rings (SSSR count). The summed E-state index contributed by atoms with van der Waals surface area (Å²) in [5.74, 6) is 2.71. The second-order valence-corrected chi connectivity index (χ2v) is 6.84. The minimum absolute atomic E-state index is 0.144. The van der Waals surface area contributed by atoms with Crippen molar-refractivity contribution in [1.82, 2.24) is 0 Å². The Balaban J connectivity index is 1.81. The molecule has 0 heterocycles. The molecule has 0 saturated carbocycles. The number of ether oxygens (including phenoxy) is 4. The number of hydrogen-bond acceptors (Lipinski definition) is 5. The Morgan fingerprint density at radius 3 is 2.10 bits per heavy atom. The Morgan fingerprint density at radius 2 is 1.39 bits per heavy atom. The molecule has 0 bridgehead atoms. The van der Waals surface area contributed by atoms with Gasteiger partial charge < -0.3 is 18.9 Å². The van der Waals surface area contributed by atoms with Gasteiger partial charge in [0.15, 0.2) is 17.3 Å². The molecule has 0 atom stereocenters. The Morgan fingerprint density at radius 1 is 0.645 bits per heavy atom. The van der Waals surface area contributed by atoms with E-state index in [-0.39, 0.29) is 5.78 Å². The van der Waals surface area contributed by atoms with Gasteiger partial charge in [-0.05, 0) is 41.8 Å². The lowest BCUT2D eigenvalue weighted by molar-refractivity contribution is 0.103. The maximum atomic E-state index is 13.2. The lowest BCUT2D eigenvalue weighted by Gasteiger charge is -2.15. The van der Waals surface area contributed by atoms with Crippen molar-refractivity contribution < 1.29 is 23.7 Å². The number of fused-ring (bicyclic) bond motifs is 1. The first kappa shape index (κ1) is 20.3. The fourth-order valence-electron chi connectivity index (χ4n) is 3.43. The van der Waals surface area contributed by atoms with Crippen LogP contribution >= 0.6 is 0 Å². The van der Waals surface area contributed by atoms with Crippen LogP contribution in [0.25, 0.3) is 10.8 Å². The number of benzene rings is 4. The van der Waals surface area contributed by atoms with Crippen molar-refractivity contribution in [2.75, 3.05) is 21.3 Å². The van der Waals surface area contributed by atoms with E-state index < -0.39 is 0 Å². The van der Waals surface area contributed by atoms with Crippen LogP contribution in [0.2, 0.25) is 0 Å². The van der Waals surface area contributed by atoms with Crippen molar-refractivity contribution in [3.63, 3.8) is 0 Å². The van der Waals surface area contributed by atoms with E-state index in [1.165, 1.54) is 0 Å². The van der Waals surface area contributed by atoms with Crippen molar-refractivity contribution in [2.24, 2.45) is 0 Å². The van der Waals surface area contributed by atoms with Gasteiger partial charge in [-0.25, -0.2) is 0 Å². The van der Waals surface area contributed by atoms with E-state index in [0.29, 0.717) is 39.9 Å². The van der Waals surface area contributed by atoms with Gasteiger partial charge in [-0.3, -0.25) is 4.79 Å². The van der Waals surface area contributed by atoms with Gasteiger partial charge >= 0.3 is 0 Å². The summed E-state index contributed by atoms with van der Waals surface area (Å²) in [6.45, 7) is 0. The lowest BCUT2D eigenvalue weighted by atomic mass is 10.0. The van der Waals surface area contributed by atoms with Gasteiger partial charge in [0.1, 0.15) is 17.2 Å². The maximum absolute atomic E-state index is 13.2. The van der Waals surface area contributed by atoms with Crippen molar-refractivity contribution in [2.45, 2.75) is 0 Å². The van der Waals surface area contributed by atoms with E-state index in [2.05, 4.69) is 0 Å². The molecule has 0 aliphatic rings. The van der Waals surface area contributed by atoms with E-state index in [1.807, 2.05) is 48.5 Å². The van der Waals surface area contributed by atoms with Crippen molar-refractivity contribution in [3.05, 3.63) is 90.0 Å². The quantitative estimate of drug-likeness (QED) is 0.353. The highest BCUT2D eigenvalue weighted by molar-refractivity contribution is 6.11. The topological polar surface area (TPSA) is 54.0 Å². The van der Waals surface area contributed by atoms with Gasteiger partial charge in [0, 0.05) is 10.9 Å². The van der Waals surface area contributed by atoms with Crippen LogP contribution in [0.3, 0.4) is 0 Å². The number of carbonyl (C=O) groups is 1. The van der Waals surface area contributed by atoms with Crippen LogP contribution in [0.4, 0.5) is 0 Å². The summed E-state index contributed by atoms with van der Waals surface area (Å²) in [5.41, 5.74) is 0.993. The van der Waals surface area contributed by atoms with Crippen LogP contribution in [0, 0.1) is 0 Å². The molecule has 31 heavy (non-hydrogen) atoms. The minimum Gasteiger partial charge on any atom is -0.497 e. The summed E-state index contributed by atoms with van der Waals surface area (Å²) in [7, 11) is 4.76. The molecule has 5 heteroatoms. The number of methoxy groups -OCH3 is 3. The van der Waals surface area contributed by atoms with E-state index in [0.717, 1.165) is 10.8 Å². The van der Waals surface area contributed by atoms with Crippen LogP contribution in [-0.2, 0) is 0 Å². The highest BCUT2D eigenvalue weighted by Gasteiger charge is 2.18. The van der Waals surface area contributed by atoms with Gasteiger partial charge in [0.2, 0.25) is 0 Å². The van der Waals surface area contributed by atoms with Crippen LogP contribution < -0.4 is 18.9 Å². The van der Waals surface area contributed by atoms with Crippen molar-refractivity contribution in [1.29, 1.82) is 0 Å². The largest absolute Gasteiger partial charge is 0.497 e. The van der Waals surface area contributed by atoms with Gasteiger partial charge in [-0.2, -0.15) is 0 Å². The standard InChI is InChI=1S/C26H22O5/c1-28-19-12-13-23(21(15-19)26(27)17-8-5-4-6-9-17)31-22-11-7-10-18-14-24(29-2)25(30-3)16-20(18)22/h4-16H,1-3H3. The van der Waals surface area contributed by atoms with E-state index >= 15 is 0 Å². The molecular formula is C26H22O5. The first-order chi connectivity index (χ1) is 15.1. The third-order valence-corrected chi connectivity index (χ3v) is 5.03. The maximum Gasteiger partial charge on any atom is 0.196 e. The zero-order chi connectivity index (χ0) is 21.8. The zero-order valence-electron chi connectivity index (χ0n) is 17.5. The molecule has 0 spiro atoms. The number of rotatable bonds is 7. The van der Waals surface area contributed by atoms with Crippen LogP contribution in [0.5, 0.6) is 28.7 Å². The van der Waals surface area contributed by atoms with Crippen molar-refractivity contribution in [3.8, 4) is 28.7 Å². The summed E-state index contributed by atoms with van der Waals surface area (Å²) in [6.07, 6.45) is 0. The SMILES string of the molecule is COc1ccc(Oc2cccc3cc(OC)c(OC)cc23)c(C(=O)c2ccccc2)c1. The number of hydrogen-bond donors (Lipinski definition) is 0. The Kier molecular flexibility index (Phi) is 5.76. The summed E-state index contributed by atoms with van der Waals surface area (Å²) in [4.78, 5) is 13.2. The average molecular weight is 414 g/mol. The molecule has 0 radical (unpaired) electrons. The normalized spacial score (nSPS) is 10.5. The predicted molar refractivity (Wildman–Crippen MR) is 120 cm³/mol. The van der Waals surface area contributed by atoms with Crippen LogP contribution in [0.15, 0.2) is 78.9 Å². The lowest BCUT2D eigenvalue weighted by Crippen LogP contribution is -2.04. The van der Waals surface area contributed by atoms with Crippen molar-refractivity contribution >= 4 is 16.6 Å². The number of ketones is 1. The highest BCUT2D eigenvalue weighted by Crippen LogP contribution is 2.39.